The van der Waals surface area contributed by atoms with E-state index in [0.29, 0.717) is 15.2 Å². The van der Waals surface area contributed by atoms with Crippen molar-refractivity contribution in [1.29, 1.82) is 0 Å². The molecule has 0 aliphatic carbocycles. The Morgan fingerprint density at radius 1 is 1.35 bits per heavy atom. The molecule has 0 aliphatic rings. The number of aliphatic hydroxyl groups excluding tert-OH is 1. The number of imidazole rings is 1. The minimum Gasteiger partial charge on any atom is -0.391 e. The number of benzene rings is 1. The summed E-state index contributed by atoms with van der Waals surface area (Å²) in [5, 5.41) is 10.2. The minimum absolute atomic E-state index is 0.0941. The van der Waals surface area contributed by atoms with E-state index in [1.165, 1.54) is 11.3 Å². The van der Waals surface area contributed by atoms with Crippen LogP contribution in [0.15, 0.2) is 30.6 Å². The predicted molar refractivity (Wildman–Crippen MR) is 67.7 cm³/mol. The largest absolute Gasteiger partial charge is 0.391 e. The van der Waals surface area contributed by atoms with Gasteiger partial charge in [-0.2, -0.15) is 0 Å². The highest BCUT2D eigenvalue weighted by molar-refractivity contribution is 7.14. The average molecular weight is 266 g/mol. The molecule has 0 saturated carbocycles. The second-order valence-corrected chi connectivity index (χ2v) is 4.89. The Morgan fingerprint density at radius 2 is 2.18 bits per heavy atom. The van der Waals surface area contributed by atoms with E-state index >= 15 is 0 Å². The van der Waals surface area contributed by atoms with Gasteiger partial charge in [-0.3, -0.25) is 4.57 Å². The smallest absolute Gasteiger partial charge is 0.197 e. The van der Waals surface area contributed by atoms with Crippen molar-refractivity contribution in [2.75, 3.05) is 0 Å². The standard InChI is InChI=1S/C11H8ClN3OS/c12-10-9(5-16)17-11(14-10)15-6-13-7-3-1-2-4-8(7)15/h1-4,6,16H,5H2. The molecule has 3 aromatic rings. The molecule has 1 N–H and O–H groups in total. The van der Waals surface area contributed by atoms with Crippen LogP contribution in [0.3, 0.4) is 0 Å². The van der Waals surface area contributed by atoms with Gasteiger partial charge < -0.3 is 5.11 Å². The van der Waals surface area contributed by atoms with Crippen LogP contribution >= 0.6 is 22.9 Å². The van der Waals surface area contributed by atoms with E-state index in [4.69, 9.17) is 16.7 Å². The normalized spacial score (nSPS) is 11.2. The van der Waals surface area contributed by atoms with Crippen molar-refractivity contribution in [2.45, 2.75) is 6.61 Å². The fourth-order valence-electron chi connectivity index (χ4n) is 1.63. The molecule has 0 unspecified atom stereocenters. The summed E-state index contributed by atoms with van der Waals surface area (Å²) in [4.78, 5) is 9.17. The van der Waals surface area contributed by atoms with Crippen LogP contribution in [0.4, 0.5) is 0 Å². The molecule has 1 aromatic carbocycles. The van der Waals surface area contributed by atoms with Crippen LogP contribution in [0.1, 0.15) is 4.88 Å². The van der Waals surface area contributed by atoms with Gasteiger partial charge in [0.15, 0.2) is 5.13 Å². The summed E-state index contributed by atoms with van der Waals surface area (Å²) in [5.74, 6) is 0. The Hall–Kier alpha value is -1.43. The van der Waals surface area contributed by atoms with E-state index < -0.39 is 0 Å². The highest BCUT2D eigenvalue weighted by Gasteiger charge is 2.12. The molecule has 4 nitrogen and oxygen atoms in total. The Bertz CT molecular complexity index is 676. The molecule has 0 bridgehead atoms. The van der Waals surface area contributed by atoms with E-state index in [9.17, 15) is 0 Å². The van der Waals surface area contributed by atoms with Crippen LogP contribution in [-0.2, 0) is 6.61 Å². The van der Waals surface area contributed by atoms with Gasteiger partial charge in [0.1, 0.15) is 11.5 Å². The third-order valence-electron chi connectivity index (χ3n) is 2.44. The van der Waals surface area contributed by atoms with Gasteiger partial charge in [-0.25, -0.2) is 9.97 Å². The van der Waals surface area contributed by atoms with Crippen LogP contribution in [0.25, 0.3) is 16.2 Å². The van der Waals surface area contributed by atoms with Crippen molar-refractivity contribution in [2.24, 2.45) is 0 Å². The molecule has 86 valence electrons. The van der Waals surface area contributed by atoms with E-state index in [1.54, 1.807) is 6.33 Å². The topological polar surface area (TPSA) is 50.9 Å². The maximum atomic E-state index is 9.10. The summed E-state index contributed by atoms with van der Waals surface area (Å²) >= 11 is 7.28. The number of halogens is 1. The fraction of sp³-hybridized carbons (Fsp3) is 0.0909. The molecule has 6 heteroatoms. The number of hydrogen-bond donors (Lipinski definition) is 1. The van der Waals surface area contributed by atoms with Crippen molar-refractivity contribution < 1.29 is 5.11 Å². The molecule has 3 rings (SSSR count). The van der Waals surface area contributed by atoms with Crippen LogP contribution in [-0.4, -0.2) is 19.6 Å². The molecule has 0 amide bonds. The first-order chi connectivity index (χ1) is 8.29. The summed E-state index contributed by atoms with van der Waals surface area (Å²) in [6, 6.07) is 7.79. The van der Waals surface area contributed by atoms with Gasteiger partial charge in [0.2, 0.25) is 0 Å². The van der Waals surface area contributed by atoms with Gasteiger partial charge in [0.05, 0.1) is 22.5 Å². The maximum absolute atomic E-state index is 9.10. The number of aromatic nitrogens is 3. The first-order valence-electron chi connectivity index (χ1n) is 4.98. The van der Waals surface area contributed by atoms with Gasteiger partial charge >= 0.3 is 0 Å². The highest BCUT2D eigenvalue weighted by Crippen LogP contribution is 2.27. The molecule has 0 aliphatic heterocycles. The number of thiazole rings is 1. The number of aliphatic hydroxyl groups is 1. The number of para-hydroxylation sites is 2. The number of rotatable bonds is 2. The minimum atomic E-state index is -0.0941. The molecule has 0 spiro atoms. The van der Waals surface area contributed by atoms with Crippen molar-refractivity contribution in [3.8, 4) is 5.13 Å². The molecular formula is C11H8ClN3OS. The molecular weight excluding hydrogens is 258 g/mol. The van der Waals surface area contributed by atoms with Gasteiger partial charge in [-0.15, -0.1) is 0 Å². The summed E-state index contributed by atoms with van der Waals surface area (Å²) in [7, 11) is 0. The monoisotopic (exact) mass is 265 g/mol. The summed E-state index contributed by atoms with van der Waals surface area (Å²) in [6.07, 6.45) is 1.71. The first kappa shape index (κ1) is 10.7. The quantitative estimate of drug-likeness (QED) is 0.775. The molecule has 0 fully saturated rings. The SMILES string of the molecule is OCc1sc(-n2cnc3ccccc32)nc1Cl. The van der Waals surface area contributed by atoms with E-state index in [0.717, 1.165) is 11.0 Å². The highest BCUT2D eigenvalue weighted by atomic mass is 35.5. The Balaban J connectivity index is 2.20. The van der Waals surface area contributed by atoms with Crippen molar-refractivity contribution in [3.05, 3.63) is 40.6 Å². The molecule has 0 saturated heterocycles. The zero-order chi connectivity index (χ0) is 11.8. The van der Waals surface area contributed by atoms with E-state index in [1.807, 2.05) is 28.8 Å². The Morgan fingerprint density at radius 3 is 2.94 bits per heavy atom. The Labute approximate surface area is 106 Å². The van der Waals surface area contributed by atoms with E-state index in [-0.39, 0.29) is 6.61 Å². The van der Waals surface area contributed by atoms with Crippen molar-refractivity contribution in [3.63, 3.8) is 0 Å². The molecule has 17 heavy (non-hydrogen) atoms. The molecule has 0 atom stereocenters. The molecule has 0 radical (unpaired) electrons. The fourth-order valence-corrected chi connectivity index (χ4v) is 2.73. The zero-order valence-electron chi connectivity index (χ0n) is 8.67. The molecule has 2 heterocycles. The van der Waals surface area contributed by atoms with Gasteiger partial charge in [0, 0.05) is 0 Å². The summed E-state index contributed by atoms with van der Waals surface area (Å²) in [5.41, 5.74) is 1.88. The summed E-state index contributed by atoms with van der Waals surface area (Å²) < 4.78 is 1.87. The second kappa shape index (κ2) is 4.10. The van der Waals surface area contributed by atoms with Crippen molar-refractivity contribution in [1.82, 2.24) is 14.5 Å². The third kappa shape index (κ3) is 1.72. The lowest BCUT2D eigenvalue weighted by Crippen LogP contribution is -1.89. The van der Waals surface area contributed by atoms with E-state index in [2.05, 4.69) is 9.97 Å². The lowest BCUT2D eigenvalue weighted by atomic mass is 10.3. The van der Waals surface area contributed by atoms with Gasteiger partial charge in [-0.05, 0) is 12.1 Å². The average Bonchev–Trinajstić information content (AvgIpc) is 2.92. The predicted octanol–water partition coefficient (Wildman–Crippen LogP) is 2.63. The second-order valence-electron chi connectivity index (χ2n) is 3.47. The van der Waals surface area contributed by atoms with Gasteiger partial charge in [0.25, 0.3) is 0 Å². The molecule has 2 aromatic heterocycles. The number of hydrogen-bond acceptors (Lipinski definition) is 4. The Kier molecular flexibility index (Phi) is 2.58. The maximum Gasteiger partial charge on any atom is 0.197 e. The zero-order valence-corrected chi connectivity index (χ0v) is 10.2. The van der Waals surface area contributed by atoms with Crippen LogP contribution in [0, 0.1) is 0 Å². The van der Waals surface area contributed by atoms with Crippen LogP contribution < -0.4 is 0 Å². The third-order valence-corrected chi connectivity index (χ3v) is 3.91. The van der Waals surface area contributed by atoms with Crippen LogP contribution in [0.5, 0.6) is 0 Å². The number of nitrogens with zero attached hydrogens (tertiary/aromatic N) is 3. The van der Waals surface area contributed by atoms with Crippen molar-refractivity contribution >= 4 is 34.0 Å². The first-order valence-corrected chi connectivity index (χ1v) is 6.17. The number of fused-ring (bicyclic) bond motifs is 1. The lowest BCUT2D eigenvalue weighted by Gasteiger charge is -1.97. The van der Waals surface area contributed by atoms with Crippen LogP contribution in [0.2, 0.25) is 5.15 Å². The van der Waals surface area contributed by atoms with Gasteiger partial charge in [-0.1, -0.05) is 35.1 Å². The summed E-state index contributed by atoms with van der Waals surface area (Å²) in [6.45, 7) is -0.0941. The lowest BCUT2D eigenvalue weighted by molar-refractivity contribution is 0.285.